The summed E-state index contributed by atoms with van der Waals surface area (Å²) in [5.41, 5.74) is 0. The minimum atomic E-state index is -0.114. The molecule has 2 N–H and O–H groups in total. The first-order chi connectivity index (χ1) is 11.7. The van der Waals surface area contributed by atoms with Crippen LogP contribution in [-0.4, -0.2) is 64.6 Å². The highest BCUT2D eigenvalue weighted by Gasteiger charge is 2.40. The summed E-state index contributed by atoms with van der Waals surface area (Å²) in [6.45, 7) is 1.31. The van der Waals surface area contributed by atoms with Crippen molar-refractivity contribution < 1.29 is 14.3 Å². The molecule has 8 heteroatoms. The van der Waals surface area contributed by atoms with Crippen LogP contribution in [0.1, 0.15) is 44.0 Å². The third kappa shape index (κ3) is 3.25. The SMILES string of the molecule is CO[C@@H]1C[C@@H](c2ncn[nH]2)N(C(=O)NC2CCOC(C3CC3)C2)C1. The average molecular weight is 335 g/mol. The summed E-state index contributed by atoms with van der Waals surface area (Å²) in [6.07, 6.45) is 6.89. The molecule has 24 heavy (non-hydrogen) atoms. The van der Waals surface area contributed by atoms with Crippen molar-refractivity contribution in [1.82, 2.24) is 25.4 Å². The van der Waals surface area contributed by atoms with Gasteiger partial charge in [-0.3, -0.25) is 5.10 Å². The van der Waals surface area contributed by atoms with Crippen LogP contribution >= 0.6 is 0 Å². The average Bonchev–Trinajstić information content (AvgIpc) is 3.13. The molecule has 0 radical (unpaired) electrons. The lowest BCUT2D eigenvalue weighted by atomic mass is 10.0. The molecule has 0 aromatic carbocycles. The van der Waals surface area contributed by atoms with E-state index in [9.17, 15) is 4.79 Å². The number of nitrogens with zero attached hydrogens (tertiary/aromatic N) is 3. The van der Waals surface area contributed by atoms with Gasteiger partial charge in [0.25, 0.3) is 0 Å². The van der Waals surface area contributed by atoms with E-state index in [2.05, 4.69) is 20.5 Å². The van der Waals surface area contributed by atoms with Crippen molar-refractivity contribution in [2.75, 3.05) is 20.3 Å². The number of rotatable bonds is 4. The highest BCUT2D eigenvalue weighted by Crippen LogP contribution is 2.38. The Morgan fingerprint density at radius 3 is 3.00 bits per heavy atom. The Hall–Kier alpha value is -1.67. The van der Waals surface area contributed by atoms with E-state index >= 15 is 0 Å². The number of urea groups is 1. The summed E-state index contributed by atoms with van der Waals surface area (Å²) in [6, 6.07) is 0.0303. The Bertz CT molecular complexity index is 562. The van der Waals surface area contributed by atoms with Crippen molar-refractivity contribution >= 4 is 6.03 Å². The van der Waals surface area contributed by atoms with Gasteiger partial charge < -0.3 is 19.7 Å². The van der Waals surface area contributed by atoms with Crippen LogP contribution < -0.4 is 5.32 Å². The lowest BCUT2D eigenvalue weighted by Gasteiger charge is -2.32. The van der Waals surface area contributed by atoms with Gasteiger partial charge in [-0.15, -0.1) is 0 Å². The summed E-state index contributed by atoms with van der Waals surface area (Å²) in [5.74, 6) is 1.42. The molecule has 1 aromatic rings. The zero-order valence-electron chi connectivity index (χ0n) is 14.0. The fourth-order valence-corrected chi connectivity index (χ4v) is 3.84. The Balaban J connectivity index is 1.40. The lowest BCUT2D eigenvalue weighted by molar-refractivity contribution is -0.00997. The van der Waals surface area contributed by atoms with Gasteiger partial charge in [-0.1, -0.05) is 0 Å². The fraction of sp³-hybridized carbons (Fsp3) is 0.812. The molecule has 3 heterocycles. The molecule has 2 unspecified atom stereocenters. The second-order valence-electron chi connectivity index (χ2n) is 7.05. The number of aromatic amines is 1. The van der Waals surface area contributed by atoms with Crippen molar-refractivity contribution in [2.45, 2.75) is 56.4 Å². The third-order valence-corrected chi connectivity index (χ3v) is 5.40. The summed E-state index contributed by atoms with van der Waals surface area (Å²) in [4.78, 5) is 18.9. The van der Waals surface area contributed by atoms with E-state index in [0.29, 0.717) is 24.4 Å². The minimum Gasteiger partial charge on any atom is -0.380 e. The second kappa shape index (κ2) is 6.68. The van der Waals surface area contributed by atoms with Crippen LogP contribution in [0, 0.1) is 5.92 Å². The first-order valence-corrected chi connectivity index (χ1v) is 8.81. The van der Waals surface area contributed by atoms with E-state index in [-0.39, 0.29) is 24.2 Å². The number of ether oxygens (including phenoxy) is 2. The molecule has 1 aromatic heterocycles. The number of H-pyrrole nitrogens is 1. The monoisotopic (exact) mass is 335 g/mol. The summed E-state index contributed by atoms with van der Waals surface area (Å²) in [5, 5.41) is 10.00. The van der Waals surface area contributed by atoms with Gasteiger partial charge in [-0.05, 0) is 31.6 Å². The molecule has 1 aliphatic carbocycles. The standard InChI is InChI=1S/C16H25N5O3/c1-23-12-7-13(15-17-9-18-20-15)21(8-12)16(22)19-11-4-5-24-14(6-11)10-2-3-10/h9-14H,2-8H2,1H3,(H,19,22)(H,17,18,20)/t11?,12-,13+,14?/m1/s1. The number of nitrogens with one attached hydrogen (secondary N) is 2. The van der Waals surface area contributed by atoms with Crippen molar-refractivity contribution in [3.63, 3.8) is 0 Å². The number of hydrogen-bond acceptors (Lipinski definition) is 5. The maximum Gasteiger partial charge on any atom is 0.318 e. The van der Waals surface area contributed by atoms with Crippen molar-refractivity contribution in [3.8, 4) is 0 Å². The molecule has 2 amide bonds. The summed E-state index contributed by atoms with van der Waals surface area (Å²) >= 11 is 0. The third-order valence-electron chi connectivity index (χ3n) is 5.40. The number of aromatic nitrogens is 3. The van der Waals surface area contributed by atoms with Gasteiger partial charge in [0, 0.05) is 32.7 Å². The smallest absolute Gasteiger partial charge is 0.318 e. The predicted octanol–water partition coefficient (Wildman–Crippen LogP) is 1.23. The molecule has 3 aliphatic rings. The van der Waals surface area contributed by atoms with Gasteiger partial charge >= 0.3 is 6.03 Å². The molecule has 132 valence electrons. The first-order valence-electron chi connectivity index (χ1n) is 8.81. The summed E-state index contributed by atoms with van der Waals surface area (Å²) in [7, 11) is 1.68. The van der Waals surface area contributed by atoms with Crippen molar-refractivity contribution in [3.05, 3.63) is 12.2 Å². The van der Waals surface area contributed by atoms with E-state index in [1.54, 1.807) is 7.11 Å². The number of amides is 2. The Morgan fingerprint density at radius 1 is 1.42 bits per heavy atom. The van der Waals surface area contributed by atoms with Crippen LogP contribution in [0.5, 0.6) is 0 Å². The van der Waals surface area contributed by atoms with Gasteiger partial charge in [0.1, 0.15) is 12.2 Å². The Kier molecular flexibility index (Phi) is 4.41. The zero-order chi connectivity index (χ0) is 16.5. The number of likely N-dealkylation sites (tertiary alicyclic amines) is 1. The number of hydrogen-bond donors (Lipinski definition) is 2. The van der Waals surface area contributed by atoms with Crippen LogP contribution in [-0.2, 0) is 9.47 Å². The number of carbonyl (C=O) groups is 1. The quantitative estimate of drug-likeness (QED) is 0.863. The maximum absolute atomic E-state index is 12.8. The van der Waals surface area contributed by atoms with Crippen LogP contribution in [0.3, 0.4) is 0 Å². The summed E-state index contributed by atoms with van der Waals surface area (Å²) < 4.78 is 11.3. The topological polar surface area (TPSA) is 92.4 Å². The molecular formula is C16H25N5O3. The molecule has 1 saturated carbocycles. The molecule has 4 atom stereocenters. The van der Waals surface area contributed by atoms with Crippen LogP contribution in [0.15, 0.2) is 6.33 Å². The lowest BCUT2D eigenvalue weighted by Crippen LogP contribution is -2.48. The Morgan fingerprint density at radius 2 is 2.29 bits per heavy atom. The maximum atomic E-state index is 12.8. The highest BCUT2D eigenvalue weighted by atomic mass is 16.5. The minimum absolute atomic E-state index is 0.0275. The Labute approximate surface area is 141 Å². The van der Waals surface area contributed by atoms with E-state index in [0.717, 1.165) is 25.9 Å². The van der Waals surface area contributed by atoms with Gasteiger partial charge in [0.2, 0.25) is 0 Å². The normalized spacial score (nSPS) is 33.6. The predicted molar refractivity (Wildman–Crippen MR) is 85.3 cm³/mol. The van der Waals surface area contributed by atoms with Gasteiger partial charge in [0.15, 0.2) is 0 Å². The number of methoxy groups -OCH3 is 1. The van der Waals surface area contributed by atoms with Crippen LogP contribution in [0.2, 0.25) is 0 Å². The van der Waals surface area contributed by atoms with Crippen LogP contribution in [0.25, 0.3) is 0 Å². The van der Waals surface area contributed by atoms with Crippen molar-refractivity contribution in [1.29, 1.82) is 0 Å². The number of carbonyl (C=O) groups excluding carboxylic acids is 1. The highest BCUT2D eigenvalue weighted by molar-refractivity contribution is 5.75. The molecule has 2 aliphatic heterocycles. The van der Waals surface area contributed by atoms with E-state index in [1.807, 2.05) is 4.90 Å². The molecule has 0 spiro atoms. The second-order valence-corrected chi connectivity index (χ2v) is 7.05. The van der Waals surface area contributed by atoms with E-state index in [1.165, 1.54) is 19.2 Å². The van der Waals surface area contributed by atoms with Gasteiger partial charge in [-0.25, -0.2) is 9.78 Å². The molecule has 8 nitrogen and oxygen atoms in total. The zero-order valence-corrected chi connectivity index (χ0v) is 14.0. The van der Waals surface area contributed by atoms with E-state index < -0.39 is 0 Å². The molecule has 4 rings (SSSR count). The van der Waals surface area contributed by atoms with Crippen LogP contribution in [0.4, 0.5) is 4.79 Å². The molecule has 0 bridgehead atoms. The first kappa shape index (κ1) is 15.8. The molecule has 3 fully saturated rings. The molecular weight excluding hydrogens is 310 g/mol. The molecule has 2 saturated heterocycles. The van der Waals surface area contributed by atoms with Gasteiger partial charge in [-0.2, -0.15) is 5.10 Å². The fourth-order valence-electron chi connectivity index (χ4n) is 3.84. The van der Waals surface area contributed by atoms with Gasteiger partial charge in [0.05, 0.1) is 18.2 Å². The largest absolute Gasteiger partial charge is 0.380 e. The van der Waals surface area contributed by atoms with Crippen molar-refractivity contribution in [2.24, 2.45) is 5.92 Å². The van der Waals surface area contributed by atoms with E-state index in [4.69, 9.17) is 9.47 Å².